The van der Waals surface area contributed by atoms with Crippen molar-refractivity contribution < 1.29 is 9.47 Å². The third kappa shape index (κ3) is 2.44. The summed E-state index contributed by atoms with van der Waals surface area (Å²) in [5.41, 5.74) is 0. The van der Waals surface area contributed by atoms with Crippen molar-refractivity contribution in [2.75, 3.05) is 7.11 Å². The molecule has 2 rings (SSSR count). The number of para-hydroxylation sites is 1. The van der Waals surface area contributed by atoms with Crippen LogP contribution in [0.2, 0.25) is 0 Å². The summed E-state index contributed by atoms with van der Waals surface area (Å²) in [6.07, 6.45) is 1.67. The molecule has 0 bridgehead atoms. The van der Waals surface area contributed by atoms with Gasteiger partial charge in [0.2, 0.25) is 0 Å². The van der Waals surface area contributed by atoms with E-state index in [2.05, 4.69) is 27.6 Å². The van der Waals surface area contributed by atoms with E-state index in [1.807, 2.05) is 36.4 Å². The Balaban J connectivity index is 2.30. The number of rotatable bonds is 3. The number of hydrogen-bond acceptors (Lipinski definition) is 3. The fraction of sp³-hybridized carbons (Fsp3) is 0.0833. The summed E-state index contributed by atoms with van der Waals surface area (Å²) in [6, 6.07) is 11.4. The van der Waals surface area contributed by atoms with E-state index >= 15 is 0 Å². The standard InChI is InChI=1S/C12H10INO2/c1-15-11-7-4-8-14-12(11)16-10-6-3-2-5-9(10)13/h2-8H,1H3. The molecule has 0 unspecified atom stereocenters. The fourth-order valence-corrected chi connectivity index (χ4v) is 1.74. The molecule has 0 radical (unpaired) electrons. The number of benzene rings is 1. The van der Waals surface area contributed by atoms with Crippen LogP contribution in [0.1, 0.15) is 0 Å². The zero-order valence-electron chi connectivity index (χ0n) is 8.68. The van der Waals surface area contributed by atoms with Crippen molar-refractivity contribution in [3.05, 3.63) is 46.2 Å². The first-order valence-corrected chi connectivity index (χ1v) is 5.80. The molecule has 16 heavy (non-hydrogen) atoms. The maximum atomic E-state index is 5.69. The van der Waals surface area contributed by atoms with Crippen LogP contribution in [0, 0.1) is 3.57 Å². The first-order valence-electron chi connectivity index (χ1n) is 4.72. The second-order valence-corrected chi connectivity index (χ2v) is 4.21. The van der Waals surface area contributed by atoms with Gasteiger partial charge in [-0.1, -0.05) is 12.1 Å². The molecule has 0 aliphatic carbocycles. The van der Waals surface area contributed by atoms with Crippen molar-refractivity contribution in [1.29, 1.82) is 0 Å². The molecule has 0 atom stereocenters. The molecular formula is C12H10INO2. The minimum absolute atomic E-state index is 0.481. The van der Waals surface area contributed by atoms with Crippen molar-refractivity contribution in [1.82, 2.24) is 4.98 Å². The van der Waals surface area contributed by atoms with Crippen LogP contribution in [0.15, 0.2) is 42.6 Å². The third-order valence-corrected chi connectivity index (χ3v) is 2.89. The summed E-state index contributed by atoms with van der Waals surface area (Å²) in [4.78, 5) is 4.14. The van der Waals surface area contributed by atoms with Crippen LogP contribution in [-0.4, -0.2) is 12.1 Å². The van der Waals surface area contributed by atoms with Gasteiger partial charge in [-0.3, -0.25) is 0 Å². The lowest BCUT2D eigenvalue weighted by atomic mass is 10.3. The normalized spacial score (nSPS) is 9.88. The van der Waals surface area contributed by atoms with Crippen molar-refractivity contribution in [2.24, 2.45) is 0 Å². The molecule has 3 nitrogen and oxygen atoms in total. The summed E-state index contributed by atoms with van der Waals surface area (Å²) in [6.45, 7) is 0. The predicted molar refractivity (Wildman–Crippen MR) is 70.0 cm³/mol. The molecular weight excluding hydrogens is 317 g/mol. The number of ether oxygens (including phenoxy) is 2. The lowest BCUT2D eigenvalue weighted by molar-refractivity contribution is 0.369. The Bertz CT molecular complexity index is 488. The van der Waals surface area contributed by atoms with Gasteiger partial charge in [0, 0.05) is 6.20 Å². The van der Waals surface area contributed by atoms with E-state index in [0.717, 1.165) is 9.32 Å². The lowest BCUT2D eigenvalue weighted by Crippen LogP contribution is -1.93. The van der Waals surface area contributed by atoms with Gasteiger partial charge in [0.05, 0.1) is 10.7 Å². The summed E-state index contributed by atoms with van der Waals surface area (Å²) >= 11 is 2.22. The minimum atomic E-state index is 0.481. The van der Waals surface area contributed by atoms with Gasteiger partial charge in [0.25, 0.3) is 5.88 Å². The van der Waals surface area contributed by atoms with Gasteiger partial charge >= 0.3 is 0 Å². The molecule has 0 amide bonds. The smallest absolute Gasteiger partial charge is 0.262 e. The molecule has 1 heterocycles. The Morgan fingerprint density at radius 1 is 1.06 bits per heavy atom. The summed E-state index contributed by atoms with van der Waals surface area (Å²) < 4.78 is 11.9. The average Bonchev–Trinajstić information content (AvgIpc) is 2.33. The molecule has 0 aliphatic rings. The Morgan fingerprint density at radius 3 is 2.56 bits per heavy atom. The van der Waals surface area contributed by atoms with Gasteiger partial charge in [0.15, 0.2) is 5.75 Å². The highest BCUT2D eigenvalue weighted by Gasteiger charge is 2.07. The summed E-state index contributed by atoms with van der Waals surface area (Å²) in [5.74, 6) is 1.89. The molecule has 0 spiro atoms. The number of methoxy groups -OCH3 is 1. The number of pyridine rings is 1. The second-order valence-electron chi connectivity index (χ2n) is 3.04. The van der Waals surface area contributed by atoms with Crippen LogP contribution in [0.3, 0.4) is 0 Å². The molecule has 0 fully saturated rings. The van der Waals surface area contributed by atoms with Crippen molar-refractivity contribution >= 4 is 22.6 Å². The van der Waals surface area contributed by atoms with Crippen molar-refractivity contribution in [3.8, 4) is 17.4 Å². The zero-order chi connectivity index (χ0) is 11.4. The van der Waals surface area contributed by atoms with E-state index in [1.54, 1.807) is 13.3 Å². The second kappa shape index (κ2) is 5.16. The first kappa shape index (κ1) is 11.2. The van der Waals surface area contributed by atoms with Gasteiger partial charge < -0.3 is 9.47 Å². The Morgan fingerprint density at radius 2 is 1.81 bits per heavy atom. The molecule has 0 saturated carbocycles. The predicted octanol–water partition coefficient (Wildman–Crippen LogP) is 3.49. The van der Waals surface area contributed by atoms with Crippen molar-refractivity contribution in [2.45, 2.75) is 0 Å². The monoisotopic (exact) mass is 327 g/mol. The zero-order valence-corrected chi connectivity index (χ0v) is 10.8. The lowest BCUT2D eigenvalue weighted by Gasteiger charge is -2.09. The van der Waals surface area contributed by atoms with Gasteiger partial charge in [0.1, 0.15) is 5.75 Å². The van der Waals surface area contributed by atoms with Crippen LogP contribution in [0.25, 0.3) is 0 Å². The van der Waals surface area contributed by atoms with Crippen LogP contribution >= 0.6 is 22.6 Å². The Hall–Kier alpha value is -1.30. The SMILES string of the molecule is COc1cccnc1Oc1ccccc1I. The molecule has 0 aliphatic heterocycles. The quantitative estimate of drug-likeness (QED) is 0.809. The molecule has 1 aromatic heterocycles. The van der Waals surface area contributed by atoms with Crippen LogP contribution in [0.4, 0.5) is 0 Å². The largest absolute Gasteiger partial charge is 0.491 e. The molecule has 0 saturated heterocycles. The Labute approximate surface area is 108 Å². The number of aromatic nitrogens is 1. The Kier molecular flexibility index (Phi) is 3.61. The maximum Gasteiger partial charge on any atom is 0.262 e. The summed E-state index contributed by atoms with van der Waals surface area (Å²) in [7, 11) is 1.60. The summed E-state index contributed by atoms with van der Waals surface area (Å²) in [5, 5.41) is 0. The highest BCUT2D eigenvalue weighted by Crippen LogP contribution is 2.30. The first-order chi connectivity index (χ1) is 7.81. The molecule has 1 aromatic carbocycles. The average molecular weight is 327 g/mol. The van der Waals surface area contributed by atoms with Crippen LogP contribution < -0.4 is 9.47 Å². The molecule has 0 N–H and O–H groups in total. The van der Waals surface area contributed by atoms with E-state index < -0.39 is 0 Å². The number of hydrogen-bond donors (Lipinski definition) is 0. The molecule has 2 aromatic rings. The third-order valence-electron chi connectivity index (χ3n) is 2.00. The highest BCUT2D eigenvalue weighted by atomic mass is 127. The van der Waals surface area contributed by atoms with E-state index in [-0.39, 0.29) is 0 Å². The van der Waals surface area contributed by atoms with Crippen LogP contribution in [0.5, 0.6) is 17.4 Å². The fourth-order valence-electron chi connectivity index (χ4n) is 1.24. The van der Waals surface area contributed by atoms with Crippen LogP contribution in [-0.2, 0) is 0 Å². The molecule has 82 valence electrons. The minimum Gasteiger partial charge on any atom is -0.491 e. The van der Waals surface area contributed by atoms with E-state index in [1.165, 1.54) is 0 Å². The van der Waals surface area contributed by atoms with E-state index in [0.29, 0.717) is 11.6 Å². The number of halogens is 1. The van der Waals surface area contributed by atoms with Gasteiger partial charge in [-0.05, 0) is 46.9 Å². The van der Waals surface area contributed by atoms with Gasteiger partial charge in [-0.15, -0.1) is 0 Å². The molecule has 4 heteroatoms. The number of nitrogens with zero attached hydrogens (tertiary/aromatic N) is 1. The highest BCUT2D eigenvalue weighted by molar-refractivity contribution is 14.1. The van der Waals surface area contributed by atoms with E-state index in [4.69, 9.17) is 9.47 Å². The maximum absolute atomic E-state index is 5.69. The van der Waals surface area contributed by atoms with Gasteiger partial charge in [-0.2, -0.15) is 0 Å². The van der Waals surface area contributed by atoms with Crippen molar-refractivity contribution in [3.63, 3.8) is 0 Å². The van der Waals surface area contributed by atoms with Gasteiger partial charge in [-0.25, -0.2) is 4.98 Å². The topological polar surface area (TPSA) is 31.4 Å². The van der Waals surface area contributed by atoms with E-state index in [9.17, 15) is 0 Å².